The molecule has 1 aromatic carbocycles. The zero-order chi connectivity index (χ0) is 22.3. The van der Waals surface area contributed by atoms with Crippen molar-refractivity contribution in [1.29, 1.82) is 0 Å². The van der Waals surface area contributed by atoms with Gasteiger partial charge in [-0.25, -0.2) is 23.5 Å². The summed E-state index contributed by atoms with van der Waals surface area (Å²) in [5.74, 6) is -1.92. The second kappa shape index (κ2) is 8.23. The predicted octanol–water partition coefficient (Wildman–Crippen LogP) is 5.01. The van der Waals surface area contributed by atoms with E-state index in [1.807, 2.05) is 6.07 Å². The molecule has 0 radical (unpaired) electrons. The Bertz CT molecular complexity index is 1190. The first-order valence-electron chi connectivity index (χ1n) is 10.7. The highest BCUT2D eigenvalue weighted by Crippen LogP contribution is 2.40. The molecular weight excluding hydrogens is 438 g/mol. The first-order chi connectivity index (χ1) is 15.4. The molecule has 0 bridgehead atoms. The summed E-state index contributed by atoms with van der Waals surface area (Å²) in [7, 11) is 0. The molecular formula is C22H22F2N4O3S. The smallest absolute Gasteiger partial charge is 0.410 e. The van der Waals surface area contributed by atoms with E-state index in [0.717, 1.165) is 6.42 Å². The Morgan fingerprint density at radius 2 is 1.91 bits per heavy atom. The van der Waals surface area contributed by atoms with Crippen molar-refractivity contribution >= 4 is 27.8 Å². The number of amides is 1. The van der Waals surface area contributed by atoms with Gasteiger partial charge in [0.25, 0.3) is 5.56 Å². The molecule has 1 amide bonds. The number of hydrogen-bond donors (Lipinski definition) is 1. The van der Waals surface area contributed by atoms with Crippen LogP contribution in [0.4, 0.5) is 13.6 Å². The van der Waals surface area contributed by atoms with E-state index in [1.165, 1.54) is 11.3 Å². The maximum absolute atomic E-state index is 13.5. The molecule has 32 heavy (non-hydrogen) atoms. The highest BCUT2D eigenvalue weighted by Gasteiger charge is 2.37. The number of aromatic nitrogens is 3. The maximum atomic E-state index is 13.5. The van der Waals surface area contributed by atoms with Gasteiger partial charge < -0.3 is 9.72 Å². The summed E-state index contributed by atoms with van der Waals surface area (Å²) in [6, 6.07) is 8.57. The Balaban J connectivity index is 1.39. The van der Waals surface area contributed by atoms with Crippen molar-refractivity contribution < 1.29 is 18.3 Å². The molecule has 1 N–H and O–H groups in total. The molecule has 3 aromatic rings. The van der Waals surface area contributed by atoms with Gasteiger partial charge >= 0.3 is 6.09 Å². The van der Waals surface area contributed by atoms with Crippen LogP contribution in [0.5, 0.6) is 5.75 Å². The van der Waals surface area contributed by atoms with Crippen molar-refractivity contribution in [3.8, 4) is 5.75 Å². The molecule has 2 aromatic heterocycles. The van der Waals surface area contributed by atoms with Crippen LogP contribution in [0.15, 0.2) is 35.1 Å². The summed E-state index contributed by atoms with van der Waals surface area (Å²) in [6.45, 7) is 0.539. The number of alkyl halides is 2. The molecule has 1 atom stereocenters. The normalized spacial score (nSPS) is 21.2. The minimum absolute atomic E-state index is 0.193. The lowest BCUT2D eigenvalue weighted by Gasteiger charge is -2.27. The number of likely N-dealkylation sites (tertiary alicyclic amines) is 1. The number of hydrogen-bond acceptors (Lipinski definition) is 6. The number of carbonyl (C=O) groups excluding carboxylic acids is 1. The number of thiazole rings is 1. The minimum atomic E-state index is -2.64. The molecule has 1 saturated carbocycles. The molecule has 10 heteroatoms. The van der Waals surface area contributed by atoms with Crippen molar-refractivity contribution in [1.82, 2.24) is 19.9 Å². The van der Waals surface area contributed by atoms with Gasteiger partial charge in [0.05, 0.1) is 6.04 Å². The van der Waals surface area contributed by atoms with E-state index >= 15 is 0 Å². The lowest BCUT2D eigenvalue weighted by Crippen LogP contribution is -2.33. The Labute approximate surface area is 186 Å². The third kappa shape index (κ3) is 4.11. The van der Waals surface area contributed by atoms with E-state index < -0.39 is 12.0 Å². The number of para-hydroxylation sites is 1. The average molecular weight is 461 g/mol. The van der Waals surface area contributed by atoms with E-state index in [1.54, 1.807) is 29.2 Å². The fourth-order valence-electron chi connectivity index (χ4n) is 4.40. The number of nitrogens with one attached hydrogen (secondary N) is 1. The third-order valence-corrected chi connectivity index (χ3v) is 7.18. The van der Waals surface area contributed by atoms with Crippen LogP contribution < -0.4 is 10.3 Å². The summed E-state index contributed by atoms with van der Waals surface area (Å²) >= 11 is 1.27. The number of carbonyl (C=O) groups is 1. The summed E-state index contributed by atoms with van der Waals surface area (Å²) < 4.78 is 32.5. The largest absolute Gasteiger partial charge is 0.415 e. The molecule has 1 saturated heterocycles. The fraction of sp³-hybridized carbons (Fsp3) is 0.455. The Morgan fingerprint density at radius 1 is 1.16 bits per heavy atom. The maximum Gasteiger partial charge on any atom is 0.415 e. The van der Waals surface area contributed by atoms with Crippen molar-refractivity contribution in [2.75, 3.05) is 6.54 Å². The molecule has 1 unspecified atom stereocenters. The molecule has 1 aliphatic heterocycles. The zero-order valence-corrected chi connectivity index (χ0v) is 18.0. The standard InChI is InChI=1S/C22H22F2N4O3S/c23-22(24)10-8-13(9-11-22)17-26-18(29)16-20(27-17)32-19(25-16)15-7-4-12-28(15)21(30)31-14-5-2-1-3-6-14/h1-3,5-6,13,15H,4,7-12H2,(H,26,27,29). The number of H-pyrrole nitrogens is 1. The summed E-state index contributed by atoms with van der Waals surface area (Å²) in [5, 5.41) is 0.632. The van der Waals surface area contributed by atoms with Gasteiger partial charge in [0.1, 0.15) is 16.6 Å². The lowest BCUT2D eigenvalue weighted by atomic mass is 9.86. The zero-order valence-electron chi connectivity index (χ0n) is 17.2. The first-order valence-corrected chi connectivity index (χ1v) is 11.5. The van der Waals surface area contributed by atoms with Crippen LogP contribution in [-0.2, 0) is 0 Å². The molecule has 7 nitrogen and oxygen atoms in total. The van der Waals surface area contributed by atoms with E-state index in [4.69, 9.17) is 4.74 Å². The van der Waals surface area contributed by atoms with Crippen molar-refractivity contribution in [2.45, 2.75) is 56.4 Å². The predicted molar refractivity (Wildman–Crippen MR) is 115 cm³/mol. The Kier molecular flexibility index (Phi) is 5.40. The SMILES string of the molecule is O=C(Oc1ccccc1)N1CCCC1c1nc2c(=O)[nH]c(C3CCC(F)(F)CC3)nc2s1. The lowest BCUT2D eigenvalue weighted by molar-refractivity contribution is -0.0387. The topological polar surface area (TPSA) is 88.2 Å². The molecule has 0 spiro atoms. The number of rotatable bonds is 3. The number of ether oxygens (including phenoxy) is 1. The number of aromatic amines is 1. The number of fused-ring (bicyclic) bond motifs is 1. The van der Waals surface area contributed by atoms with Crippen LogP contribution in [0.2, 0.25) is 0 Å². The monoisotopic (exact) mass is 460 g/mol. The highest BCUT2D eigenvalue weighted by molar-refractivity contribution is 7.18. The Hall–Kier alpha value is -2.88. The molecule has 2 fully saturated rings. The Morgan fingerprint density at radius 3 is 2.66 bits per heavy atom. The number of benzene rings is 1. The first kappa shape index (κ1) is 21.0. The van der Waals surface area contributed by atoms with Gasteiger partial charge in [0.15, 0.2) is 10.3 Å². The van der Waals surface area contributed by atoms with E-state index in [0.29, 0.717) is 34.4 Å². The second-order valence-electron chi connectivity index (χ2n) is 8.32. The van der Waals surface area contributed by atoms with Crippen molar-refractivity contribution in [3.05, 3.63) is 51.5 Å². The van der Waals surface area contributed by atoms with E-state index in [9.17, 15) is 18.4 Å². The van der Waals surface area contributed by atoms with Gasteiger partial charge in [-0.1, -0.05) is 29.5 Å². The minimum Gasteiger partial charge on any atom is -0.410 e. The van der Waals surface area contributed by atoms with Gasteiger partial charge in [0.2, 0.25) is 5.92 Å². The van der Waals surface area contributed by atoms with Crippen LogP contribution in [0.3, 0.4) is 0 Å². The fourth-order valence-corrected chi connectivity index (χ4v) is 5.50. The van der Waals surface area contributed by atoms with Crippen molar-refractivity contribution in [3.63, 3.8) is 0 Å². The van der Waals surface area contributed by atoms with Crippen LogP contribution in [-0.4, -0.2) is 38.4 Å². The van der Waals surface area contributed by atoms with Gasteiger partial charge in [-0.05, 0) is 37.8 Å². The third-order valence-electron chi connectivity index (χ3n) is 6.13. The summed E-state index contributed by atoms with van der Waals surface area (Å²) in [6.07, 6.45) is 1.23. The van der Waals surface area contributed by atoms with Gasteiger partial charge in [0, 0.05) is 25.3 Å². The molecule has 1 aliphatic carbocycles. The highest BCUT2D eigenvalue weighted by atomic mass is 32.1. The van der Waals surface area contributed by atoms with Gasteiger partial charge in [-0.2, -0.15) is 0 Å². The number of nitrogens with zero attached hydrogens (tertiary/aromatic N) is 3. The molecule has 168 valence electrons. The average Bonchev–Trinajstić information content (AvgIpc) is 3.41. The number of halogens is 2. The van der Waals surface area contributed by atoms with Crippen LogP contribution in [0, 0.1) is 0 Å². The van der Waals surface area contributed by atoms with Gasteiger partial charge in [-0.3, -0.25) is 9.69 Å². The van der Waals surface area contributed by atoms with Crippen LogP contribution in [0.1, 0.15) is 61.3 Å². The summed E-state index contributed by atoms with van der Waals surface area (Å²) in [5.41, 5.74) is -0.153. The molecule has 5 rings (SSSR count). The quantitative estimate of drug-likeness (QED) is 0.594. The molecule has 2 aliphatic rings. The van der Waals surface area contributed by atoms with Crippen molar-refractivity contribution in [2.24, 2.45) is 0 Å². The van der Waals surface area contributed by atoms with Crippen LogP contribution in [0.25, 0.3) is 10.3 Å². The van der Waals surface area contributed by atoms with Gasteiger partial charge in [-0.15, -0.1) is 0 Å². The van der Waals surface area contributed by atoms with E-state index in [-0.39, 0.29) is 48.7 Å². The van der Waals surface area contributed by atoms with Crippen LogP contribution >= 0.6 is 11.3 Å². The van der Waals surface area contributed by atoms with E-state index in [2.05, 4.69) is 15.0 Å². The second-order valence-corrected chi connectivity index (χ2v) is 9.33. The summed E-state index contributed by atoms with van der Waals surface area (Å²) in [4.78, 5) is 39.3. The molecule has 3 heterocycles.